The highest BCUT2D eigenvalue weighted by Gasteiger charge is 2.09. The number of rotatable bonds is 3. The normalized spacial score (nSPS) is 10.8. The molecule has 4 nitrogen and oxygen atoms in total. The van der Waals surface area contributed by atoms with Crippen LogP contribution in [0.15, 0.2) is 12.0 Å². The maximum Gasteiger partial charge on any atom is 0.376 e. The molecule has 0 bridgehead atoms. The van der Waals surface area contributed by atoms with Gasteiger partial charge in [-0.05, 0) is 6.92 Å². The van der Waals surface area contributed by atoms with Gasteiger partial charge in [-0.1, -0.05) is 0 Å². The molecule has 58 valence electrons. The molecule has 0 spiro atoms. The lowest BCUT2D eigenvalue weighted by atomic mass is 10.5. The summed E-state index contributed by atoms with van der Waals surface area (Å²) in [5.74, 6) is -0.852. The first kappa shape index (κ1) is 8.81. The van der Waals surface area contributed by atoms with Gasteiger partial charge < -0.3 is 14.6 Å². The Morgan fingerprint density at radius 2 is 2.30 bits per heavy atom. The Morgan fingerprint density at radius 3 is 2.60 bits per heavy atom. The van der Waals surface area contributed by atoms with Crippen LogP contribution in [0.5, 0.6) is 0 Å². The van der Waals surface area contributed by atoms with Crippen LogP contribution in [0.1, 0.15) is 6.92 Å². The van der Waals surface area contributed by atoms with E-state index in [9.17, 15) is 4.79 Å². The molecule has 0 aliphatic heterocycles. The van der Waals surface area contributed by atoms with E-state index in [-0.39, 0.29) is 12.4 Å². The van der Waals surface area contributed by atoms with Gasteiger partial charge in [0.2, 0.25) is 5.76 Å². The van der Waals surface area contributed by atoms with Crippen molar-refractivity contribution >= 4 is 5.97 Å². The molecule has 0 aliphatic carbocycles. The number of aliphatic hydroxyl groups excluding tert-OH is 1. The highest BCUT2D eigenvalue weighted by molar-refractivity contribution is 5.85. The number of aliphatic hydroxyl groups is 1. The fraction of sp³-hybridized carbons (Fsp3) is 0.500. The van der Waals surface area contributed by atoms with Gasteiger partial charge in [0.1, 0.15) is 6.26 Å². The molecule has 4 heteroatoms. The van der Waals surface area contributed by atoms with Crippen LogP contribution in [0.2, 0.25) is 0 Å². The zero-order chi connectivity index (χ0) is 7.98. The van der Waals surface area contributed by atoms with Crippen molar-refractivity contribution in [3.05, 3.63) is 12.0 Å². The average molecular weight is 146 g/mol. The summed E-state index contributed by atoms with van der Waals surface area (Å²) in [6.45, 7) is 1.93. The van der Waals surface area contributed by atoms with Gasteiger partial charge in [0, 0.05) is 0 Å². The van der Waals surface area contributed by atoms with Crippen molar-refractivity contribution in [3.8, 4) is 0 Å². The predicted molar refractivity (Wildman–Crippen MR) is 34.4 cm³/mol. The zero-order valence-corrected chi connectivity index (χ0v) is 5.96. The van der Waals surface area contributed by atoms with E-state index in [0.29, 0.717) is 6.26 Å². The smallest absolute Gasteiger partial charge is 0.376 e. The van der Waals surface area contributed by atoms with Gasteiger partial charge in [0.15, 0.2) is 0 Å². The molecular weight excluding hydrogens is 136 g/mol. The first-order valence-corrected chi connectivity index (χ1v) is 2.81. The van der Waals surface area contributed by atoms with Crippen molar-refractivity contribution in [1.82, 2.24) is 0 Å². The monoisotopic (exact) mass is 146 g/mol. The molecular formula is C6H10O4. The number of esters is 1. The van der Waals surface area contributed by atoms with Gasteiger partial charge in [-0.25, -0.2) is 4.79 Å². The van der Waals surface area contributed by atoms with Crippen LogP contribution in [0.3, 0.4) is 0 Å². The van der Waals surface area contributed by atoms with Crippen LogP contribution < -0.4 is 0 Å². The number of hydrogen-bond acceptors (Lipinski definition) is 4. The first-order chi connectivity index (χ1) is 4.76. The number of methoxy groups -OCH3 is 1. The molecule has 0 aliphatic rings. The second-order valence-corrected chi connectivity index (χ2v) is 1.42. The SMILES string of the molecule is CCOC(=O)C(=CO)OC. The molecule has 0 aromatic rings. The van der Waals surface area contributed by atoms with Crippen molar-refractivity contribution in [2.45, 2.75) is 6.92 Å². The summed E-state index contributed by atoms with van der Waals surface area (Å²) in [6, 6.07) is 0. The Labute approximate surface area is 59.1 Å². The standard InChI is InChI=1S/C6H10O4/c1-3-10-6(8)5(4-7)9-2/h4,7H,3H2,1-2H3. The maximum atomic E-state index is 10.6. The van der Waals surface area contributed by atoms with E-state index < -0.39 is 5.97 Å². The fourth-order valence-electron chi connectivity index (χ4n) is 0.391. The molecule has 0 radical (unpaired) electrons. The number of ether oxygens (including phenoxy) is 2. The Kier molecular flexibility index (Phi) is 4.11. The second-order valence-electron chi connectivity index (χ2n) is 1.42. The van der Waals surface area contributed by atoms with Gasteiger partial charge in [-0.15, -0.1) is 0 Å². The summed E-state index contributed by atoms with van der Waals surface area (Å²) in [4.78, 5) is 10.6. The van der Waals surface area contributed by atoms with Crippen LogP contribution in [-0.2, 0) is 14.3 Å². The topological polar surface area (TPSA) is 55.8 Å². The van der Waals surface area contributed by atoms with Crippen LogP contribution in [0.25, 0.3) is 0 Å². The van der Waals surface area contributed by atoms with E-state index >= 15 is 0 Å². The minimum Gasteiger partial charge on any atom is -0.511 e. The molecule has 0 aromatic heterocycles. The molecule has 10 heavy (non-hydrogen) atoms. The van der Waals surface area contributed by atoms with Crippen molar-refractivity contribution < 1.29 is 19.4 Å². The molecule has 0 heterocycles. The summed E-state index contributed by atoms with van der Waals surface area (Å²) >= 11 is 0. The van der Waals surface area contributed by atoms with Crippen LogP contribution in [-0.4, -0.2) is 24.8 Å². The van der Waals surface area contributed by atoms with E-state index in [1.807, 2.05) is 0 Å². The summed E-state index contributed by atoms with van der Waals surface area (Å²) in [7, 11) is 1.28. The predicted octanol–water partition coefficient (Wildman–Crippen LogP) is 0.595. The van der Waals surface area contributed by atoms with E-state index in [0.717, 1.165) is 0 Å². The van der Waals surface area contributed by atoms with Gasteiger partial charge >= 0.3 is 5.97 Å². The van der Waals surface area contributed by atoms with Gasteiger partial charge in [0.25, 0.3) is 0 Å². The highest BCUT2D eigenvalue weighted by atomic mass is 16.6. The quantitative estimate of drug-likeness (QED) is 0.360. The Balaban J connectivity index is 3.91. The van der Waals surface area contributed by atoms with Gasteiger partial charge in [-0.2, -0.15) is 0 Å². The molecule has 0 saturated heterocycles. The third kappa shape index (κ3) is 2.39. The van der Waals surface area contributed by atoms with Gasteiger partial charge in [-0.3, -0.25) is 0 Å². The third-order valence-electron chi connectivity index (χ3n) is 0.814. The Hall–Kier alpha value is -1.19. The summed E-state index contributed by atoms with van der Waals surface area (Å²) in [6.07, 6.45) is 0.567. The summed E-state index contributed by atoms with van der Waals surface area (Å²) < 4.78 is 8.94. The van der Waals surface area contributed by atoms with Crippen LogP contribution in [0.4, 0.5) is 0 Å². The Bertz CT molecular complexity index is 139. The summed E-state index contributed by atoms with van der Waals surface area (Å²) in [5.41, 5.74) is 0. The number of carbonyl (C=O) groups excluding carboxylic acids is 1. The van der Waals surface area contributed by atoms with Crippen molar-refractivity contribution in [1.29, 1.82) is 0 Å². The van der Waals surface area contributed by atoms with E-state index in [1.165, 1.54) is 7.11 Å². The van der Waals surface area contributed by atoms with E-state index in [2.05, 4.69) is 9.47 Å². The lowest BCUT2D eigenvalue weighted by Crippen LogP contribution is -2.08. The number of carbonyl (C=O) groups is 1. The average Bonchev–Trinajstić information content (AvgIpc) is 1.91. The largest absolute Gasteiger partial charge is 0.511 e. The molecule has 0 atom stereocenters. The lowest BCUT2D eigenvalue weighted by molar-refractivity contribution is -0.142. The molecule has 1 N–H and O–H groups in total. The van der Waals surface area contributed by atoms with Gasteiger partial charge in [0.05, 0.1) is 13.7 Å². The lowest BCUT2D eigenvalue weighted by Gasteiger charge is -2.01. The Morgan fingerprint density at radius 1 is 1.70 bits per heavy atom. The number of hydrogen-bond donors (Lipinski definition) is 1. The van der Waals surface area contributed by atoms with Crippen LogP contribution >= 0.6 is 0 Å². The molecule has 0 rings (SSSR count). The zero-order valence-electron chi connectivity index (χ0n) is 5.96. The molecule has 0 aromatic carbocycles. The molecule has 0 saturated carbocycles. The minimum absolute atomic E-state index is 0.193. The first-order valence-electron chi connectivity index (χ1n) is 2.81. The molecule has 0 fully saturated rings. The fourth-order valence-corrected chi connectivity index (χ4v) is 0.391. The highest BCUT2D eigenvalue weighted by Crippen LogP contribution is 1.96. The molecule has 0 amide bonds. The van der Waals surface area contributed by atoms with Crippen LogP contribution in [0, 0.1) is 0 Å². The molecule has 0 unspecified atom stereocenters. The van der Waals surface area contributed by atoms with Crippen molar-refractivity contribution in [3.63, 3.8) is 0 Å². The minimum atomic E-state index is -0.660. The summed E-state index contributed by atoms with van der Waals surface area (Å²) in [5, 5.41) is 8.34. The van der Waals surface area contributed by atoms with E-state index in [4.69, 9.17) is 5.11 Å². The maximum absolute atomic E-state index is 10.6. The van der Waals surface area contributed by atoms with E-state index in [1.54, 1.807) is 6.92 Å². The van der Waals surface area contributed by atoms with Crippen molar-refractivity contribution in [2.24, 2.45) is 0 Å². The second kappa shape index (κ2) is 4.67. The van der Waals surface area contributed by atoms with Crippen molar-refractivity contribution in [2.75, 3.05) is 13.7 Å². The third-order valence-corrected chi connectivity index (χ3v) is 0.814.